The van der Waals surface area contributed by atoms with Crippen molar-refractivity contribution < 1.29 is 13.6 Å². The first kappa shape index (κ1) is 14.5. The molecule has 4 nitrogen and oxygen atoms in total. The second kappa shape index (κ2) is 6.47. The van der Waals surface area contributed by atoms with E-state index in [0.717, 1.165) is 5.76 Å². The summed E-state index contributed by atoms with van der Waals surface area (Å²) in [6.07, 6.45) is 1.60. The van der Waals surface area contributed by atoms with E-state index in [0.29, 0.717) is 11.4 Å². The summed E-state index contributed by atoms with van der Waals surface area (Å²) >= 11 is 1.46. The van der Waals surface area contributed by atoms with Crippen LogP contribution in [0.4, 0.5) is 15.8 Å². The number of rotatable bonds is 5. The Balaban J connectivity index is 1.88. The van der Waals surface area contributed by atoms with E-state index < -0.39 is 5.82 Å². The molecule has 1 aromatic heterocycles. The predicted molar refractivity (Wildman–Crippen MR) is 78.9 cm³/mol. The van der Waals surface area contributed by atoms with Crippen molar-refractivity contribution in [3.63, 3.8) is 0 Å². The molecule has 0 aliphatic rings. The Morgan fingerprint density at radius 3 is 2.95 bits per heavy atom. The van der Waals surface area contributed by atoms with Gasteiger partial charge in [0.2, 0.25) is 5.91 Å². The maximum absolute atomic E-state index is 13.0. The highest BCUT2D eigenvalue weighted by atomic mass is 32.2. The predicted octanol–water partition coefficient (Wildman–Crippen LogP) is 3.26. The van der Waals surface area contributed by atoms with Crippen LogP contribution in [0.1, 0.15) is 12.7 Å². The lowest BCUT2D eigenvalue weighted by Crippen LogP contribution is -2.22. The molecule has 0 aliphatic carbocycles. The van der Waals surface area contributed by atoms with Crippen LogP contribution in [0.2, 0.25) is 0 Å². The smallest absolute Gasteiger partial charge is 0.237 e. The molecule has 106 valence electrons. The quantitative estimate of drug-likeness (QED) is 0.831. The summed E-state index contributed by atoms with van der Waals surface area (Å²) in [5, 5.41) is 2.44. The lowest BCUT2D eigenvalue weighted by molar-refractivity contribution is -0.115. The SMILES string of the molecule is CC(SCc1ccco1)C(=O)Nc1ccc(F)c(N)c1. The molecular formula is C14H15FN2O2S. The Morgan fingerprint density at radius 2 is 2.30 bits per heavy atom. The van der Waals surface area contributed by atoms with Gasteiger partial charge in [-0.05, 0) is 37.3 Å². The molecule has 6 heteroatoms. The standard InChI is InChI=1S/C14H15FN2O2S/c1-9(20-8-11-3-2-6-19-11)14(18)17-10-4-5-12(15)13(16)7-10/h2-7,9H,8,16H2,1H3,(H,17,18). The number of hydrogen-bond donors (Lipinski definition) is 2. The fourth-order valence-corrected chi connectivity index (χ4v) is 2.33. The van der Waals surface area contributed by atoms with Crippen molar-refractivity contribution in [2.45, 2.75) is 17.9 Å². The largest absolute Gasteiger partial charge is 0.468 e. The first-order valence-corrected chi connectivity index (χ1v) is 7.11. The van der Waals surface area contributed by atoms with Gasteiger partial charge in [-0.2, -0.15) is 0 Å². The molecule has 1 unspecified atom stereocenters. The topological polar surface area (TPSA) is 68.3 Å². The van der Waals surface area contributed by atoms with E-state index in [9.17, 15) is 9.18 Å². The Hall–Kier alpha value is -1.95. The molecule has 3 N–H and O–H groups in total. The zero-order chi connectivity index (χ0) is 14.5. The molecule has 2 rings (SSSR count). The van der Waals surface area contributed by atoms with Crippen molar-refractivity contribution in [3.05, 3.63) is 48.2 Å². The molecule has 2 aromatic rings. The number of nitrogens with one attached hydrogen (secondary N) is 1. The van der Waals surface area contributed by atoms with Gasteiger partial charge in [0.1, 0.15) is 11.6 Å². The molecule has 0 saturated carbocycles. The monoisotopic (exact) mass is 294 g/mol. The summed E-state index contributed by atoms with van der Waals surface area (Å²) in [5.41, 5.74) is 5.95. The lowest BCUT2D eigenvalue weighted by atomic mass is 10.2. The number of thioether (sulfide) groups is 1. The van der Waals surface area contributed by atoms with E-state index in [1.54, 1.807) is 13.2 Å². The molecular weight excluding hydrogens is 279 g/mol. The van der Waals surface area contributed by atoms with Gasteiger partial charge in [0.05, 0.1) is 23.0 Å². The van der Waals surface area contributed by atoms with Crippen LogP contribution in [0, 0.1) is 5.82 Å². The van der Waals surface area contributed by atoms with Crippen molar-refractivity contribution in [1.82, 2.24) is 0 Å². The molecule has 1 amide bonds. The normalized spacial score (nSPS) is 12.1. The summed E-state index contributed by atoms with van der Waals surface area (Å²) in [6.45, 7) is 1.80. The first-order valence-electron chi connectivity index (χ1n) is 6.06. The zero-order valence-electron chi connectivity index (χ0n) is 10.9. The summed E-state index contributed by atoms with van der Waals surface area (Å²) in [7, 11) is 0. The third kappa shape index (κ3) is 3.77. The highest BCUT2D eigenvalue weighted by Gasteiger charge is 2.14. The Labute approximate surface area is 120 Å². The highest BCUT2D eigenvalue weighted by molar-refractivity contribution is 7.99. The molecule has 0 bridgehead atoms. The van der Waals surface area contributed by atoms with Crippen molar-refractivity contribution >= 4 is 29.0 Å². The van der Waals surface area contributed by atoms with Gasteiger partial charge in [-0.3, -0.25) is 4.79 Å². The Kier molecular flexibility index (Phi) is 4.68. The molecule has 0 spiro atoms. The number of nitrogen functional groups attached to an aromatic ring is 1. The van der Waals surface area contributed by atoms with E-state index in [1.807, 2.05) is 12.1 Å². The van der Waals surface area contributed by atoms with E-state index in [-0.39, 0.29) is 16.8 Å². The second-order valence-electron chi connectivity index (χ2n) is 4.26. The number of carbonyl (C=O) groups is 1. The molecule has 20 heavy (non-hydrogen) atoms. The van der Waals surface area contributed by atoms with Gasteiger partial charge in [0.15, 0.2) is 0 Å². The molecule has 1 atom stereocenters. The van der Waals surface area contributed by atoms with Crippen molar-refractivity contribution in [1.29, 1.82) is 0 Å². The van der Waals surface area contributed by atoms with Gasteiger partial charge < -0.3 is 15.5 Å². The number of anilines is 2. The van der Waals surface area contributed by atoms with E-state index in [4.69, 9.17) is 10.2 Å². The van der Waals surface area contributed by atoms with Gasteiger partial charge >= 0.3 is 0 Å². The number of amides is 1. The van der Waals surface area contributed by atoms with Crippen LogP contribution in [0.3, 0.4) is 0 Å². The summed E-state index contributed by atoms with van der Waals surface area (Å²) in [6, 6.07) is 7.77. The minimum atomic E-state index is -0.497. The summed E-state index contributed by atoms with van der Waals surface area (Å²) in [4.78, 5) is 12.0. The molecule has 1 aromatic carbocycles. The number of carbonyl (C=O) groups excluding carboxylic acids is 1. The Morgan fingerprint density at radius 1 is 1.50 bits per heavy atom. The molecule has 1 heterocycles. The maximum atomic E-state index is 13.0. The van der Waals surface area contributed by atoms with Crippen LogP contribution in [0.15, 0.2) is 41.0 Å². The summed E-state index contributed by atoms with van der Waals surface area (Å²) in [5.74, 6) is 0.782. The van der Waals surface area contributed by atoms with Crippen LogP contribution in [-0.4, -0.2) is 11.2 Å². The second-order valence-corrected chi connectivity index (χ2v) is 5.59. The summed E-state index contributed by atoms with van der Waals surface area (Å²) < 4.78 is 18.2. The molecule has 0 radical (unpaired) electrons. The minimum absolute atomic E-state index is 0.0127. The fraction of sp³-hybridized carbons (Fsp3) is 0.214. The van der Waals surface area contributed by atoms with E-state index in [2.05, 4.69) is 5.32 Å². The zero-order valence-corrected chi connectivity index (χ0v) is 11.7. The van der Waals surface area contributed by atoms with Crippen LogP contribution < -0.4 is 11.1 Å². The van der Waals surface area contributed by atoms with Gasteiger partial charge in [0, 0.05) is 5.69 Å². The fourth-order valence-electron chi connectivity index (χ4n) is 1.54. The minimum Gasteiger partial charge on any atom is -0.468 e. The first-order chi connectivity index (χ1) is 9.56. The molecule has 0 aliphatic heterocycles. The number of benzene rings is 1. The number of furan rings is 1. The van der Waals surface area contributed by atoms with Crippen LogP contribution in [0.25, 0.3) is 0 Å². The van der Waals surface area contributed by atoms with Gasteiger partial charge in [0.25, 0.3) is 0 Å². The van der Waals surface area contributed by atoms with Crippen LogP contribution in [0.5, 0.6) is 0 Å². The van der Waals surface area contributed by atoms with Gasteiger partial charge in [-0.1, -0.05) is 0 Å². The number of nitrogens with two attached hydrogens (primary N) is 1. The van der Waals surface area contributed by atoms with Gasteiger partial charge in [-0.15, -0.1) is 11.8 Å². The van der Waals surface area contributed by atoms with E-state index >= 15 is 0 Å². The van der Waals surface area contributed by atoms with E-state index in [1.165, 1.54) is 30.0 Å². The molecule has 0 saturated heterocycles. The highest BCUT2D eigenvalue weighted by Crippen LogP contribution is 2.21. The van der Waals surface area contributed by atoms with Crippen molar-refractivity contribution in [2.24, 2.45) is 0 Å². The molecule has 0 fully saturated rings. The lowest BCUT2D eigenvalue weighted by Gasteiger charge is -2.11. The van der Waals surface area contributed by atoms with Gasteiger partial charge in [-0.25, -0.2) is 4.39 Å². The maximum Gasteiger partial charge on any atom is 0.237 e. The third-order valence-electron chi connectivity index (χ3n) is 2.69. The van der Waals surface area contributed by atoms with Crippen molar-refractivity contribution in [3.8, 4) is 0 Å². The average Bonchev–Trinajstić information content (AvgIpc) is 2.93. The number of hydrogen-bond acceptors (Lipinski definition) is 4. The number of halogens is 1. The third-order valence-corrected chi connectivity index (χ3v) is 3.85. The Bertz CT molecular complexity index is 587. The van der Waals surface area contributed by atoms with Crippen LogP contribution in [-0.2, 0) is 10.5 Å². The van der Waals surface area contributed by atoms with Crippen LogP contribution >= 0.6 is 11.8 Å². The van der Waals surface area contributed by atoms with Crippen molar-refractivity contribution in [2.75, 3.05) is 11.1 Å². The average molecular weight is 294 g/mol.